The van der Waals surface area contributed by atoms with Gasteiger partial charge in [0.1, 0.15) is 0 Å². The summed E-state index contributed by atoms with van der Waals surface area (Å²) in [5, 5.41) is 8.13. The summed E-state index contributed by atoms with van der Waals surface area (Å²) in [6.45, 7) is 12.5. The minimum Gasteiger partial charge on any atom is -0.341 e. The van der Waals surface area contributed by atoms with Gasteiger partial charge in [0.2, 0.25) is 5.95 Å². The average molecular weight is 440 g/mol. The van der Waals surface area contributed by atoms with Crippen molar-refractivity contribution in [3.63, 3.8) is 0 Å². The molecule has 0 amide bonds. The summed E-state index contributed by atoms with van der Waals surface area (Å²) in [5.74, 6) is 1.57. The van der Waals surface area contributed by atoms with Gasteiger partial charge in [-0.2, -0.15) is 5.10 Å². The molecule has 7 nitrogen and oxygen atoms in total. The second kappa shape index (κ2) is 8.27. The van der Waals surface area contributed by atoms with Gasteiger partial charge in [-0.1, -0.05) is 24.3 Å². The molecule has 2 aromatic heterocycles. The van der Waals surface area contributed by atoms with E-state index in [0.717, 1.165) is 67.0 Å². The van der Waals surface area contributed by atoms with Crippen molar-refractivity contribution in [1.29, 1.82) is 0 Å². The average Bonchev–Trinajstić information content (AvgIpc) is 3.36. The van der Waals surface area contributed by atoms with Gasteiger partial charge in [-0.3, -0.25) is 4.68 Å². The smallest absolute Gasteiger partial charge is 0.225 e. The van der Waals surface area contributed by atoms with E-state index in [-0.39, 0.29) is 0 Å². The van der Waals surface area contributed by atoms with Crippen molar-refractivity contribution >= 4 is 11.6 Å². The number of benzene rings is 1. The largest absolute Gasteiger partial charge is 0.341 e. The predicted octanol–water partition coefficient (Wildman–Crippen LogP) is 4.55. The molecule has 0 radical (unpaired) electrons. The Bertz CT molecular complexity index is 1170. The van der Waals surface area contributed by atoms with Crippen LogP contribution in [-0.2, 0) is 6.54 Å². The number of nitrogens with zero attached hydrogens (tertiary/aromatic N) is 6. The molecule has 2 saturated heterocycles. The van der Waals surface area contributed by atoms with E-state index in [0.29, 0.717) is 11.1 Å². The number of hydrogen-bond acceptors (Lipinski definition) is 5. The monoisotopic (exact) mass is 439 g/mol. The molecule has 6 rings (SSSR count). The van der Waals surface area contributed by atoms with Crippen molar-refractivity contribution in [2.45, 2.75) is 38.6 Å². The first-order valence-electron chi connectivity index (χ1n) is 12.0. The Morgan fingerprint density at radius 1 is 1.06 bits per heavy atom. The van der Waals surface area contributed by atoms with Gasteiger partial charge < -0.3 is 10.2 Å². The molecule has 1 aromatic carbocycles. The fourth-order valence-electron chi connectivity index (χ4n) is 5.22. The molecule has 0 unspecified atom stereocenters. The van der Waals surface area contributed by atoms with E-state index >= 15 is 0 Å². The van der Waals surface area contributed by atoms with E-state index in [1.54, 1.807) is 0 Å². The third-order valence-electron chi connectivity index (χ3n) is 7.57. The summed E-state index contributed by atoms with van der Waals surface area (Å²) in [5.41, 5.74) is 5.05. The molecule has 1 saturated carbocycles. The zero-order valence-electron chi connectivity index (χ0n) is 18.9. The maximum atomic E-state index is 7.27. The minimum absolute atomic E-state index is 0.463. The van der Waals surface area contributed by atoms with E-state index in [9.17, 15) is 0 Å². The van der Waals surface area contributed by atoms with E-state index in [1.807, 2.05) is 41.3 Å². The van der Waals surface area contributed by atoms with Gasteiger partial charge in [0.15, 0.2) is 5.69 Å². The normalized spacial score (nSPS) is 19.7. The first-order chi connectivity index (χ1) is 16.2. The van der Waals surface area contributed by atoms with Crippen molar-refractivity contribution < 1.29 is 0 Å². The molecular weight excluding hydrogens is 410 g/mol. The Labute approximate surface area is 194 Å². The highest BCUT2D eigenvalue weighted by Gasteiger charge is 2.37. The van der Waals surface area contributed by atoms with Crippen LogP contribution in [0.2, 0.25) is 0 Å². The fraction of sp³-hybridized carbons (Fsp3) is 0.462. The van der Waals surface area contributed by atoms with Crippen LogP contribution < -0.4 is 10.2 Å². The molecule has 3 aliphatic rings. The first kappa shape index (κ1) is 20.4. The van der Waals surface area contributed by atoms with Crippen LogP contribution in [0, 0.1) is 17.9 Å². The third kappa shape index (κ3) is 4.11. The quantitative estimate of drug-likeness (QED) is 0.591. The standard InChI is InChI=1S/C26H29N7/c1-27-22-6-4-20(5-7-22)24-23(21-14-30-33(17-21)16-19-2-3-19)15-29-25(31-24)32-12-9-26(10-13-32)8-11-28-18-26/h4-7,14-15,17,19,28H,2-3,8-13,16,18H2. The van der Waals surface area contributed by atoms with Crippen LogP contribution in [0.3, 0.4) is 0 Å². The fourth-order valence-corrected chi connectivity index (χ4v) is 5.22. The Morgan fingerprint density at radius 2 is 1.88 bits per heavy atom. The summed E-state index contributed by atoms with van der Waals surface area (Å²) in [4.78, 5) is 15.8. The van der Waals surface area contributed by atoms with Crippen molar-refractivity contribution in [1.82, 2.24) is 25.1 Å². The van der Waals surface area contributed by atoms with Crippen LogP contribution in [0.5, 0.6) is 0 Å². The van der Waals surface area contributed by atoms with E-state index in [2.05, 4.69) is 26.4 Å². The predicted molar refractivity (Wildman–Crippen MR) is 129 cm³/mol. The number of piperidine rings is 1. The lowest BCUT2D eigenvalue weighted by atomic mass is 9.78. The van der Waals surface area contributed by atoms with E-state index in [4.69, 9.17) is 16.5 Å². The van der Waals surface area contributed by atoms with Crippen LogP contribution in [0.1, 0.15) is 32.1 Å². The molecule has 2 aliphatic heterocycles. The zero-order valence-corrected chi connectivity index (χ0v) is 18.9. The molecule has 4 heterocycles. The minimum atomic E-state index is 0.463. The second-order valence-electron chi connectivity index (χ2n) is 9.90. The molecule has 0 atom stereocenters. The van der Waals surface area contributed by atoms with Gasteiger partial charge in [0, 0.05) is 49.7 Å². The maximum absolute atomic E-state index is 7.27. The van der Waals surface area contributed by atoms with E-state index < -0.39 is 0 Å². The molecule has 3 aromatic rings. The summed E-state index contributed by atoms with van der Waals surface area (Å²) < 4.78 is 2.05. The molecule has 0 bridgehead atoms. The molecule has 33 heavy (non-hydrogen) atoms. The summed E-state index contributed by atoms with van der Waals surface area (Å²) in [6.07, 6.45) is 12.3. The highest BCUT2D eigenvalue weighted by molar-refractivity contribution is 5.81. The van der Waals surface area contributed by atoms with Gasteiger partial charge in [0.05, 0.1) is 18.5 Å². The van der Waals surface area contributed by atoms with Crippen LogP contribution in [0.4, 0.5) is 11.6 Å². The Hall–Kier alpha value is -3.24. The van der Waals surface area contributed by atoms with Crippen LogP contribution in [0.25, 0.3) is 27.2 Å². The summed E-state index contributed by atoms with van der Waals surface area (Å²) >= 11 is 0. The second-order valence-corrected chi connectivity index (χ2v) is 9.90. The molecule has 1 aliphatic carbocycles. The molecule has 168 valence electrons. The topological polar surface area (TPSA) is 63.2 Å². The van der Waals surface area contributed by atoms with Gasteiger partial charge in [-0.25, -0.2) is 14.8 Å². The lowest BCUT2D eigenvalue weighted by Crippen LogP contribution is -2.42. The summed E-state index contributed by atoms with van der Waals surface area (Å²) in [7, 11) is 0. The number of aromatic nitrogens is 4. The number of hydrogen-bond donors (Lipinski definition) is 1. The lowest BCUT2D eigenvalue weighted by molar-refractivity contribution is 0.246. The number of anilines is 1. The van der Waals surface area contributed by atoms with Crippen LogP contribution in [-0.4, -0.2) is 45.9 Å². The Morgan fingerprint density at radius 3 is 2.58 bits per heavy atom. The Balaban J connectivity index is 1.33. The van der Waals surface area contributed by atoms with Crippen molar-refractivity contribution in [2.24, 2.45) is 11.3 Å². The highest BCUT2D eigenvalue weighted by atomic mass is 15.3. The highest BCUT2D eigenvalue weighted by Crippen LogP contribution is 2.39. The molecule has 7 heteroatoms. The lowest BCUT2D eigenvalue weighted by Gasteiger charge is -2.39. The molecule has 1 N–H and O–H groups in total. The summed E-state index contributed by atoms with van der Waals surface area (Å²) in [6, 6.07) is 7.71. The van der Waals surface area contributed by atoms with Crippen molar-refractivity contribution in [3.05, 3.63) is 54.3 Å². The number of rotatable bonds is 5. The van der Waals surface area contributed by atoms with Gasteiger partial charge >= 0.3 is 0 Å². The molecule has 3 fully saturated rings. The zero-order chi connectivity index (χ0) is 22.3. The first-order valence-corrected chi connectivity index (χ1v) is 12.0. The van der Waals surface area contributed by atoms with Gasteiger partial charge in [0.25, 0.3) is 0 Å². The van der Waals surface area contributed by atoms with Crippen LogP contribution in [0.15, 0.2) is 42.9 Å². The maximum Gasteiger partial charge on any atom is 0.225 e. The van der Waals surface area contributed by atoms with Crippen LogP contribution >= 0.6 is 0 Å². The third-order valence-corrected chi connectivity index (χ3v) is 7.57. The van der Waals surface area contributed by atoms with Gasteiger partial charge in [-0.05, 0) is 55.5 Å². The van der Waals surface area contributed by atoms with E-state index in [1.165, 1.54) is 32.1 Å². The molecule has 1 spiro atoms. The SMILES string of the molecule is [C-]#[N+]c1ccc(-c2nc(N3CCC4(CCNC4)CC3)ncc2-c2cnn(CC3CC3)c2)cc1. The van der Waals surface area contributed by atoms with Gasteiger partial charge in [-0.15, -0.1) is 0 Å². The van der Waals surface area contributed by atoms with Crippen molar-refractivity contribution in [2.75, 3.05) is 31.1 Å². The Kier molecular flexibility index (Phi) is 5.11. The van der Waals surface area contributed by atoms with Crippen molar-refractivity contribution in [3.8, 4) is 22.4 Å². The number of nitrogens with one attached hydrogen (secondary N) is 1. The molecular formula is C26H29N7.